The highest BCUT2D eigenvalue weighted by Crippen LogP contribution is 2.26. The minimum absolute atomic E-state index is 0.0964. The molecule has 1 aromatic heterocycles. The van der Waals surface area contributed by atoms with Crippen LogP contribution < -0.4 is 4.74 Å². The minimum atomic E-state index is -0.381. The third-order valence-electron chi connectivity index (χ3n) is 4.75. The molecule has 27 heavy (non-hydrogen) atoms. The molecule has 1 aromatic carbocycles. The number of ether oxygens (including phenoxy) is 1. The molecule has 0 spiro atoms. The fraction of sp³-hybridized carbons (Fsp3) is 0.526. The SMILES string of the molecule is CN(C)Cc1nnc(C2CCCN(C(=O)COc3cccc(F)c3)C2)n1C. The number of carbonyl (C=O) groups excluding carboxylic acids is 1. The average molecular weight is 375 g/mol. The second kappa shape index (κ2) is 8.47. The molecule has 0 N–H and O–H groups in total. The van der Waals surface area contributed by atoms with Gasteiger partial charge in [0.1, 0.15) is 23.2 Å². The Morgan fingerprint density at radius 1 is 1.37 bits per heavy atom. The van der Waals surface area contributed by atoms with Crippen molar-refractivity contribution in [3.05, 3.63) is 41.7 Å². The zero-order valence-electron chi connectivity index (χ0n) is 16.1. The molecular weight excluding hydrogens is 349 g/mol. The highest BCUT2D eigenvalue weighted by Gasteiger charge is 2.28. The van der Waals surface area contributed by atoms with E-state index >= 15 is 0 Å². The normalized spacial score (nSPS) is 17.4. The largest absolute Gasteiger partial charge is 0.484 e. The Morgan fingerprint density at radius 2 is 2.19 bits per heavy atom. The Balaban J connectivity index is 1.60. The second-order valence-corrected chi connectivity index (χ2v) is 7.20. The Labute approximate surface area is 158 Å². The van der Waals surface area contributed by atoms with Crippen molar-refractivity contribution in [3.63, 3.8) is 0 Å². The molecule has 146 valence electrons. The van der Waals surface area contributed by atoms with Gasteiger partial charge in [-0.2, -0.15) is 0 Å². The van der Waals surface area contributed by atoms with Gasteiger partial charge in [-0.25, -0.2) is 4.39 Å². The summed E-state index contributed by atoms with van der Waals surface area (Å²) in [6.45, 7) is 1.92. The van der Waals surface area contributed by atoms with Gasteiger partial charge >= 0.3 is 0 Å². The van der Waals surface area contributed by atoms with Crippen LogP contribution in [-0.2, 0) is 18.4 Å². The van der Waals surface area contributed by atoms with E-state index in [0.717, 1.165) is 31.0 Å². The van der Waals surface area contributed by atoms with Crippen molar-refractivity contribution >= 4 is 5.91 Å². The third kappa shape index (κ3) is 4.82. The number of amides is 1. The molecule has 2 aromatic rings. The monoisotopic (exact) mass is 375 g/mol. The quantitative estimate of drug-likeness (QED) is 0.770. The summed E-state index contributed by atoms with van der Waals surface area (Å²) in [5, 5.41) is 8.66. The van der Waals surface area contributed by atoms with Gasteiger partial charge in [0.2, 0.25) is 0 Å². The molecule has 7 nitrogen and oxygen atoms in total. The maximum atomic E-state index is 13.2. The number of benzene rings is 1. The summed E-state index contributed by atoms with van der Waals surface area (Å²) in [5.41, 5.74) is 0. The number of aromatic nitrogens is 3. The van der Waals surface area contributed by atoms with Crippen LogP contribution >= 0.6 is 0 Å². The number of carbonyl (C=O) groups is 1. The molecule has 0 bridgehead atoms. The lowest BCUT2D eigenvalue weighted by molar-refractivity contribution is -0.134. The highest BCUT2D eigenvalue weighted by molar-refractivity contribution is 5.78. The van der Waals surface area contributed by atoms with Gasteiger partial charge in [-0.3, -0.25) is 4.79 Å². The van der Waals surface area contributed by atoms with Gasteiger partial charge < -0.3 is 19.1 Å². The molecule has 1 amide bonds. The van der Waals surface area contributed by atoms with E-state index in [1.165, 1.54) is 12.1 Å². The van der Waals surface area contributed by atoms with E-state index < -0.39 is 0 Å². The molecule has 1 aliphatic heterocycles. The summed E-state index contributed by atoms with van der Waals surface area (Å²) in [6.07, 6.45) is 1.88. The molecule has 1 saturated heterocycles. The van der Waals surface area contributed by atoms with E-state index in [2.05, 4.69) is 10.2 Å². The standard InChI is InChI=1S/C19H26FN5O2/c1-23(2)12-17-21-22-19(24(17)3)14-6-5-9-25(11-14)18(26)13-27-16-8-4-7-15(20)10-16/h4,7-8,10,14H,5-6,9,11-13H2,1-3H3. The first-order valence-corrected chi connectivity index (χ1v) is 9.13. The Bertz CT molecular complexity index is 792. The first-order valence-electron chi connectivity index (χ1n) is 9.13. The van der Waals surface area contributed by atoms with E-state index in [4.69, 9.17) is 4.74 Å². The summed E-state index contributed by atoms with van der Waals surface area (Å²) in [7, 11) is 5.96. The maximum absolute atomic E-state index is 13.2. The van der Waals surface area contributed by atoms with E-state index in [1.807, 2.05) is 30.6 Å². The van der Waals surface area contributed by atoms with Crippen molar-refractivity contribution in [2.75, 3.05) is 33.8 Å². The van der Waals surface area contributed by atoms with E-state index in [9.17, 15) is 9.18 Å². The van der Waals surface area contributed by atoms with Gasteiger partial charge in [0.05, 0.1) is 6.54 Å². The van der Waals surface area contributed by atoms with E-state index in [1.54, 1.807) is 17.0 Å². The molecule has 3 rings (SSSR count). The van der Waals surface area contributed by atoms with Crippen molar-refractivity contribution < 1.29 is 13.9 Å². The van der Waals surface area contributed by atoms with Crippen LogP contribution in [0, 0.1) is 5.82 Å². The van der Waals surface area contributed by atoms with Crippen LogP contribution in [0.15, 0.2) is 24.3 Å². The molecule has 1 aliphatic rings. The van der Waals surface area contributed by atoms with Crippen molar-refractivity contribution in [1.82, 2.24) is 24.6 Å². The lowest BCUT2D eigenvalue weighted by Gasteiger charge is -2.32. The van der Waals surface area contributed by atoms with Gasteiger partial charge in [-0.05, 0) is 39.1 Å². The Kier molecular flexibility index (Phi) is 6.05. The second-order valence-electron chi connectivity index (χ2n) is 7.20. The fourth-order valence-corrected chi connectivity index (χ4v) is 3.36. The van der Waals surface area contributed by atoms with Crippen molar-refractivity contribution in [2.45, 2.75) is 25.3 Å². The van der Waals surface area contributed by atoms with Crippen LogP contribution in [0.2, 0.25) is 0 Å². The number of nitrogens with zero attached hydrogens (tertiary/aromatic N) is 5. The predicted octanol–water partition coefficient (Wildman–Crippen LogP) is 1.80. The topological polar surface area (TPSA) is 63.5 Å². The van der Waals surface area contributed by atoms with E-state index in [-0.39, 0.29) is 24.2 Å². The number of likely N-dealkylation sites (tertiary alicyclic amines) is 1. The molecule has 0 radical (unpaired) electrons. The third-order valence-corrected chi connectivity index (χ3v) is 4.75. The van der Waals surface area contributed by atoms with Crippen molar-refractivity contribution in [1.29, 1.82) is 0 Å². The molecule has 8 heteroatoms. The van der Waals surface area contributed by atoms with Crippen molar-refractivity contribution in [3.8, 4) is 5.75 Å². The summed E-state index contributed by atoms with van der Waals surface area (Å²) < 4.78 is 20.7. The molecule has 1 unspecified atom stereocenters. The van der Waals surface area contributed by atoms with Crippen LogP contribution in [0.4, 0.5) is 4.39 Å². The smallest absolute Gasteiger partial charge is 0.260 e. The molecule has 1 atom stereocenters. The summed E-state index contributed by atoms with van der Waals surface area (Å²) in [5.74, 6) is 1.86. The number of halogens is 1. The Hall–Kier alpha value is -2.48. The zero-order valence-corrected chi connectivity index (χ0v) is 16.1. The van der Waals surface area contributed by atoms with Gasteiger partial charge in [0.15, 0.2) is 6.61 Å². The van der Waals surface area contributed by atoms with Gasteiger partial charge in [-0.15, -0.1) is 10.2 Å². The first-order chi connectivity index (χ1) is 12.9. The highest BCUT2D eigenvalue weighted by atomic mass is 19.1. The maximum Gasteiger partial charge on any atom is 0.260 e. The molecule has 0 aliphatic carbocycles. The fourth-order valence-electron chi connectivity index (χ4n) is 3.36. The van der Waals surface area contributed by atoms with Crippen LogP contribution in [0.5, 0.6) is 5.75 Å². The van der Waals surface area contributed by atoms with E-state index in [0.29, 0.717) is 18.8 Å². The number of rotatable bonds is 6. The van der Waals surface area contributed by atoms with Crippen molar-refractivity contribution in [2.24, 2.45) is 7.05 Å². The lowest BCUT2D eigenvalue weighted by atomic mass is 9.97. The van der Waals surface area contributed by atoms with Crippen LogP contribution in [-0.4, -0.2) is 64.3 Å². The first kappa shape index (κ1) is 19.3. The zero-order chi connectivity index (χ0) is 19.4. The van der Waals surface area contributed by atoms with Gasteiger partial charge in [0, 0.05) is 32.1 Å². The minimum Gasteiger partial charge on any atom is -0.484 e. The molecule has 1 fully saturated rings. The Morgan fingerprint density at radius 3 is 2.93 bits per heavy atom. The van der Waals surface area contributed by atoms with Gasteiger partial charge in [0.25, 0.3) is 5.91 Å². The van der Waals surface area contributed by atoms with Crippen LogP contribution in [0.3, 0.4) is 0 Å². The molecular formula is C19H26FN5O2. The molecule has 0 saturated carbocycles. The summed E-state index contributed by atoms with van der Waals surface area (Å²) in [4.78, 5) is 16.4. The summed E-state index contributed by atoms with van der Waals surface area (Å²) >= 11 is 0. The average Bonchev–Trinajstić information content (AvgIpc) is 3.00. The predicted molar refractivity (Wildman–Crippen MR) is 98.8 cm³/mol. The number of piperidine rings is 1. The van der Waals surface area contributed by atoms with Gasteiger partial charge in [-0.1, -0.05) is 6.07 Å². The van der Waals surface area contributed by atoms with Crippen LogP contribution in [0.25, 0.3) is 0 Å². The van der Waals surface area contributed by atoms with Crippen LogP contribution in [0.1, 0.15) is 30.4 Å². The number of hydrogen-bond acceptors (Lipinski definition) is 5. The number of hydrogen-bond donors (Lipinski definition) is 0. The lowest BCUT2D eigenvalue weighted by Crippen LogP contribution is -2.42. The molecule has 2 heterocycles. The summed E-state index contributed by atoms with van der Waals surface area (Å²) in [6, 6.07) is 5.82.